The van der Waals surface area contributed by atoms with Crippen LogP contribution in [0, 0.1) is 11.2 Å². The first kappa shape index (κ1) is 14.6. The number of nitrogens with two attached hydrogens (primary N) is 1. The Morgan fingerprint density at radius 3 is 2.55 bits per heavy atom. The predicted molar refractivity (Wildman–Crippen MR) is 77.6 cm³/mol. The molecule has 0 radical (unpaired) electrons. The average Bonchev–Trinajstić information content (AvgIpc) is 2.42. The van der Waals surface area contributed by atoms with Crippen LogP contribution in [-0.4, -0.2) is 24.2 Å². The smallest absolute Gasteiger partial charge is 0.340 e. The normalized spacial score (nSPS) is 18.1. The van der Waals surface area contributed by atoms with Gasteiger partial charge in [0.05, 0.1) is 11.4 Å². The average molecular weight is 280 g/mol. The van der Waals surface area contributed by atoms with E-state index in [1.165, 1.54) is 12.1 Å². The van der Waals surface area contributed by atoms with E-state index in [-0.39, 0.29) is 11.3 Å². The summed E-state index contributed by atoms with van der Waals surface area (Å²) in [6.07, 6.45) is 3.11. The van der Waals surface area contributed by atoms with E-state index in [2.05, 4.69) is 13.8 Å². The van der Waals surface area contributed by atoms with E-state index in [0.29, 0.717) is 11.1 Å². The first-order valence-corrected chi connectivity index (χ1v) is 6.94. The number of carbonyl (C=O) groups is 1. The van der Waals surface area contributed by atoms with Crippen molar-refractivity contribution < 1.29 is 14.3 Å². The third-order valence-electron chi connectivity index (χ3n) is 4.55. The molecule has 0 aromatic heterocycles. The van der Waals surface area contributed by atoms with Crippen LogP contribution in [0.5, 0.6) is 0 Å². The molecule has 1 aliphatic rings. The third-order valence-corrected chi connectivity index (χ3v) is 4.55. The fourth-order valence-electron chi connectivity index (χ4n) is 2.71. The lowest BCUT2D eigenvalue weighted by Crippen LogP contribution is -2.39. The van der Waals surface area contributed by atoms with Crippen molar-refractivity contribution in [2.75, 3.05) is 23.7 Å². The van der Waals surface area contributed by atoms with Crippen LogP contribution in [0.3, 0.4) is 0 Å². The van der Waals surface area contributed by atoms with E-state index in [0.717, 1.165) is 32.4 Å². The zero-order valence-corrected chi connectivity index (χ0v) is 11.9. The minimum absolute atomic E-state index is 0.120. The highest BCUT2D eigenvalue weighted by molar-refractivity contribution is 6.00. The lowest BCUT2D eigenvalue weighted by molar-refractivity contribution is 0.0698. The second-order valence-corrected chi connectivity index (χ2v) is 5.81. The number of rotatable bonds is 3. The fraction of sp³-hybridized carbons (Fsp3) is 0.533. The number of carboxylic acid groups (broad SMARTS) is 1. The number of aromatic carboxylic acids is 1. The molecule has 1 aromatic rings. The molecule has 0 aliphatic carbocycles. The zero-order chi connectivity index (χ0) is 14.9. The van der Waals surface area contributed by atoms with Crippen molar-refractivity contribution in [2.45, 2.75) is 33.1 Å². The Morgan fingerprint density at radius 2 is 2.05 bits per heavy atom. The van der Waals surface area contributed by atoms with Gasteiger partial charge in [-0.3, -0.25) is 0 Å². The molecule has 0 bridgehead atoms. The summed E-state index contributed by atoms with van der Waals surface area (Å²) in [5.74, 6) is -1.86. The van der Waals surface area contributed by atoms with Gasteiger partial charge in [0, 0.05) is 13.1 Å². The summed E-state index contributed by atoms with van der Waals surface area (Å²) < 4.78 is 13.5. The molecule has 5 heteroatoms. The summed E-state index contributed by atoms with van der Waals surface area (Å²) in [6.45, 7) is 5.97. The van der Waals surface area contributed by atoms with Crippen molar-refractivity contribution in [3.05, 3.63) is 23.5 Å². The number of nitrogen functional groups attached to an aromatic ring is 1. The van der Waals surface area contributed by atoms with Crippen LogP contribution < -0.4 is 10.6 Å². The fourth-order valence-corrected chi connectivity index (χ4v) is 2.71. The van der Waals surface area contributed by atoms with Gasteiger partial charge in [0.25, 0.3) is 0 Å². The SMILES string of the molecule is CCC1(C)CCN(c2ccc(F)c(N)c2C(=O)O)CC1. The van der Waals surface area contributed by atoms with Crippen molar-refractivity contribution in [2.24, 2.45) is 5.41 Å². The van der Waals surface area contributed by atoms with Crippen LogP contribution in [-0.2, 0) is 0 Å². The summed E-state index contributed by atoms with van der Waals surface area (Å²) in [7, 11) is 0. The summed E-state index contributed by atoms with van der Waals surface area (Å²) in [6, 6.07) is 2.76. The molecule has 1 aromatic carbocycles. The molecule has 1 fully saturated rings. The second-order valence-electron chi connectivity index (χ2n) is 5.81. The number of anilines is 2. The largest absolute Gasteiger partial charge is 0.478 e. The zero-order valence-electron chi connectivity index (χ0n) is 11.9. The molecule has 3 N–H and O–H groups in total. The molecular weight excluding hydrogens is 259 g/mol. The van der Waals surface area contributed by atoms with Gasteiger partial charge in [0.15, 0.2) is 0 Å². The van der Waals surface area contributed by atoms with Crippen molar-refractivity contribution >= 4 is 17.3 Å². The second kappa shape index (κ2) is 5.31. The van der Waals surface area contributed by atoms with Crippen molar-refractivity contribution in [3.8, 4) is 0 Å². The van der Waals surface area contributed by atoms with Crippen LogP contribution in [0.15, 0.2) is 12.1 Å². The Kier molecular flexibility index (Phi) is 3.88. The van der Waals surface area contributed by atoms with Crippen molar-refractivity contribution in [1.82, 2.24) is 0 Å². The third kappa shape index (κ3) is 2.57. The van der Waals surface area contributed by atoms with E-state index < -0.39 is 11.8 Å². The monoisotopic (exact) mass is 280 g/mol. The van der Waals surface area contributed by atoms with Crippen LogP contribution in [0.4, 0.5) is 15.8 Å². The van der Waals surface area contributed by atoms with E-state index in [1.807, 2.05) is 4.90 Å². The maximum atomic E-state index is 13.5. The van der Waals surface area contributed by atoms with E-state index in [9.17, 15) is 14.3 Å². The molecular formula is C15H21FN2O2. The minimum atomic E-state index is -1.18. The molecule has 0 saturated carbocycles. The molecule has 0 amide bonds. The maximum Gasteiger partial charge on any atom is 0.340 e. The summed E-state index contributed by atoms with van der Waals surface area (Å²) in [4.78, 5) is 13.3. The van der Waals surface area contributed by atoms with Crippen LogP contribution >= 0.6 is 0 Å². The number of hydrogen-bond acceptors (Lipinski definition) is 3. The first-order valence-electron chi connectivity index (χ1n) is 6.94. The van der Waals surface area contributed by atoms with Crippen LogP contribution in [0.25, 0.3) is 0 Å². The molecule has 2 rings (SSSR count). The quantitative estimate of drug-likeness (QED) is 0.835. The Morgan fingerprint density at radius 1 is 1.45 bits per heavy atom. The molecule has 4 nitrogen and oxygen atoms in total. The highest BCUT2D eigenvalue weighted by Crippen LogP contribution is 2.37. The van der Waals surface area contributed by atoms with Crippen molar-refractivity contribution in [3.63, 3.8) is 0 Å². The summed E-state index contributed by atoms with van der Waals surface area (Å²) in [5, 5.41) is 9.28. The first-order chi connectivity index (χ1) is 9.38. The van der Waals surface area contributed by atoms with Crippen LogP contribution in [0.1, 0.15) is 43.5 Å². The highest BCUT2D eigenvalue weighted by atomic mass is 19.1. The summed E-state index contributed by atoms with van der Waals surface area (Å²) in [5.41, 5.74) is 6.02. The molecule has 20 heavy (non-hydrogen) atoms. The van der Waals surface area contributed by atoms with Gasteiger partial charge >= 0.3 is 5.97 Å². The van der Waals surface area contributed by atoms with E-state index in [1.54, 1.807) is 0 Å². The van der Waals surface area contributed by atoms with Gasteiger partial charge in [0.2, 0.25) is 0 Å². The molecule has 1 heterocycles. The molecule has 0 unspecified atom stereocenters. The Balaban J connectivity index is 2.31. The number of nitrogens with zero attached hydrogens (tertiary/aromatic N) is 1. The van der Waals surface area contributed by atoms with Gasteiger partial charge < -0.3 is 15.7 Å². The van der Waals surface area contributed by atoms with E-state index in [4.69, 9.17) is 5.73 Å². The number of hydrogen-bond donors (Lipinski definition) is 2. The number of carboxylic acids is 1. The molecule has 1 aliphatic heterocycles. The number of piperidine rings is 1. The molecule has 1 saturated heterocycles. The predicted octanol–water partition coefficient (Wildman–Crippen LogP) is 3.12. The van der Waals surface area contributed by atoms with Gasteiger partial charge in [-0.1, -0.05) is 20.3 Å². The lowest BCUT2D eigenvalue weighted by Gasteiger charge is -2.40. The standard InChI is InChI=1S/C15H21FN2O2/c1-3-15(2)6-8-18(9-7-15)11-5-4-10(16)13(17)12(11)14(19)20/h4-5H,3,6-9,17H2,1-2H3,(H,19,20). The topological polar surface area (TPSA) is 66.6 Å². The Labute approximate surface area is 118 Å². The van der Waals surface area contributed by atoms with Gasteiger partial charge in [0.1, 0.15) is 11.4 Å². The Bertz CT molecular complexity index is 523. The van der Waals surface area contributed by atoms with Gasteiger partial charge in [-0.25, -0.2) is 9.18 Å². The van der Waals surface area contributed by atoms with Gasteiger partial charge in [-0.2, -0.15) is 0 Å². The maximum absolute atomic E-state index is 13.5. The molecule has 0 spiro atoms. The van der Waals surface area contributed by atoms with Crippen molar-refractivity contribution in [1.29, 1.82) is 0 Å². The summed E-state index contributed by atoms with van der Waals surface area (Å²) >= 11 is 0. The van der Waals surface area contributed by atoms with Gasteiger partial charge in [-0.15, -0.1) is 0 Å². The highest BCUT2D eigenvalue weighted by Gasteiger charge is 2.30. The molecule has 0 atom stereocenters. The molecule has 110 valence electrons. The number of benzene rings is 1. The van der Waals surface area contributed by atoms with Gasteiger partial charge in [-0.05, 0) is 30.4 Å². The number of halogens is 1. The Hall–Kier alpha value is -1.78. The minimum Gasteiger partial charge on any atom is -0.478 e. The van der Waals surface area contributed by atoms with E-state index >= 15 is 0 Å². The lowest BCUT2D eigenvalue weighted by atomic mass is 9.78. The van der Waals surface area contributed by atoms with Crippen LogP contribution in [0.2, 0.25) is 0 Å².